The molecule has 1 aromatic carbocycles. The molecule has 2 amide bonds. The number of amides is 2. The number of Topliss-reactive ketones (excluding diaryl/α,β-unsaturated/α-hetero) is 1. The zero-order valence-electron chi connectivity index (χ0n) is 16.7. The van der Waals surface area contributed by atoms with Crippen molar-refractivity contribution in [2.75, 3.05) is 6.54 Å². The first kappa shape index (κ1) is 24.1. The van der Waals surface area contributed by atoms with E-state index in [1.807, 2.05) is 0 Å². The van der Waals surface area contributed by atoms with Crippen LogP contribution in [0.5, 0.6) is 0 Å². The minimum absolute atomic E-state index is 0.0644. The summed E-state index contributed by atoms with van der Waals surface area (Å²) >= 11 is 0.529. The first-order valence-electron chi connectivity index (χ1n) is 9.36. The van der Waals surface area contributed by atoms with Crippen molar-refractivity contribution in [1.29, 1.82) is 0 Å². The lowest BCUT2D eigenvalue weighted by Gasteiger charge is -2.33. The third-order valence-electron chi connectivity index (χ3n) is 5.49. The first-order chi connectivity index (χ1) is 13.8. The molecule has 1 aromatic rings. The molecule has 164 valence electrons. The molecule has 0 radical (unpaired) electrons. The highest BCUT2D eigenvalue weighted by atomic mass is 32.2. The molecule has 0 aromatic heterocycles. The second kappa shape index (κ2) is 8.89. The van der Waals surface area contributed by atoms with Gasteiger partial charge in [-0.1, -0.05) is 23.9 Å². The zero-order chi connectivity index (χ0) is 22.9. The van der Waals surface area contributed by atoms with Gasteiger partial charge in [0, 0.05) is 25.3 Å². The number of imide groups is 1. The molecule has 3 unspecified atom stereocenters. The molecule has 1 heterocycles. The van der Waals surface area contributed by atoms with Gasteiger partial charge in [0.05, 0.1) is 23.3 Å². The zero-order valence-corrected chi connectivity index (χ0v) is 17.5. The van der Waals surface area contributed by atoms with Crippen LogP contribution < -0.4 is 0 Å². The van der Waals surface area contributed by atoms with Crippen molar-refractivity contribution in [3.8, 4) is 0 Å². The van der Waals surface area contributed by atoms with E-state index in [0.717, 1.165) is 12.1 Å². The molecule has 0 bridgehead atoms. The summed E-state index contributed by atoms with van der Waals surface area (Å²) in [5.41, 5.74) is -1.32. The molecule has 1 aliphatic heterocycles. The molecule has 1 aliphatic rings. The number of alkyl halides is 3. The largest absolute Gasteiger partial charge is 0.521 e. The summed E-state index contributed by atoms with van der Waals surface area (Å²) < 4.78 is 38.2. The van der Waals surface area contributed by atoms with Crippen molar-refractivity contribution >= 4 is 34.7 Å². The monoisotopic (exact) mass is 446 g/mol. The average Bonchev–Trinajstić information content (AvgIpc) is 3.06. The average molecular weight is 446 g/mol. The van der Waals surface area contributed by atoms with E-state index in [1.54, 1.807) is 6.92 Å². The van der Waals surface area contributed by atoms with Crippen LogP contribution in [0.3, 0.4) is 0 Å². The third-order valence-corrected chi connectivity index (χ3v) is 6.70. The number of rotatable bonds is 5. The fraction of sp³-hybridized carbons (Fsp3) is 0.500. The van der Waals surface area contributed by atoms with Gasteiger partial charge in [0.1, 0.15) is 6.04 Å². The van der Waals surface area contributed by atoms with Gasteiger partial charge in [-0.05, 0) is 26.0 Å². The highest BCUT2D eigenvalue weighted by Crippen LogP contribution is 2.35. The molecule has 1 fully saturated rings. The van der Waals surface area contributed by atoms with Gasteiger partial charge in [0.2, 0.25) is 0 Å². The number of ketones is 1. The van der Waals surface area contributed by atoms with Gasteiger partial charge >= 0.3 is 18.2 Å². The van der Waals surface area contributed by atoms with Crippen LogP contribution in [0, 0.1) is 5.92 Å². The predicted molar refractivity (Wildman–Crippen MR) is 104 cm³/mol. The van der Waals surface area contributed by atoms with Crippen LogP contribution in [-0.2, 0) is 15.8 Å². The normalized spacial score (nSPS) is 23.6. The summed E-state index contributed by atoms with van der Waals surface area (Å²) in [5, 5.41) is 7.93. The van der Waals surface area contributed by atoms with E-state index in [9.17, 15) is 37.5 Å². The lowest BCUT2D eigenvalue weighted by molar-refractivity contribution is -0.794. The van der Waals surface area contributed by atoms with Crippen LogP contribution in [0.4, 0.5) is 18.0 Å². The van der Waals surface area contributed by atoms with Gasteiger partial charge in [0.15, 0.2) is 10.9 Å². The lowest BCUT2D eigenvalue weighted by atomic mass is 9.95. The summed E-state index contributed by atoms with van der Waals surface area (Å²) in [7, 11) is 0. The van der Waals surface area contributed by atoms with Crippen LogP contribution in [-0.4, -0.2) is 50.3 Å². The molecule has 6 nitrogen and oxygen atoms in total. The van der Waals surface area contributed by atoms with Crippen LogP contribution >= 0.6 is 11.8 Å². The van der Waals surface area contributed by atoms with Gasteiger partial charge in [-0.15, -0.1) is 0 Å². The Morgan fingerprint density at radius 3 is 2.33 bits per heavy atom. The number of carboxylic acid groups (broad SMARTS) is 1. The first-order valence-corrected chi connectivity index (χ1v) is 10.2. The predicted octanol–water partition coefficient (Wildman–Crippen LogP) is 4.38. The van der Waals surface area contributed by atoms with Gasteiger partial charge in [-0.3, -0.25) is 9.59 Å². The summed E-state index contributed by atoms with van der Waals surface area (Å²) in [4.78, 5) is 50.0. The lowest BCUT2D eigenvalue weighted by Crippen LogP contribution is -2.61. The molecule has 0 aliphatic carbocycles. The maximum Gasteiger partial charge on any atom is 0.521 e. The molecule has 10 heteroatoms. The minimum atomic E-state index is -4.66. The SMILES string of the molecule is CC(=O)SC(C(=O)c1cccc(C(F)(F)F)c1)C(C)C(=O)[N+]1(C(=O)O)CCC[C@H]1C. The van der Waals surface area contributed by atoms with E-state index in [1.165, 1.54) is 19.9 Å². The van der Waals surface area contributed by atoms with Crippen molar-refractivity contribution in [1.82, 2.24) is 0 Å². The third kappa shape index (κ3) is 4.59. The highest BCUT2D eigenvalue weighted by Gasteiger charge is 2.56. The molecule has 0 saturated carbocycles. The number of halogens is 3. The van der Waals surface area contributed by atoms with E-state index < -0.39 is 56.3 Å². The van der Waals surface area contributed by atoms with Crippen molar-refractivity contribution in [3.05, 3.63) is 35.4 Å². The van der Waals surface area contributed by atoms with Crippen molar-refractivity contribution in [2.45, 2.75) is 51.1 Å². The Morgan fingerprint density at radius 1 is 1.23 bits per heavy atom. The smallest absolute Gasteiger partial charge is 0.435 e. The Kier molecular flexibility index (Phi) is 7.13. The number of nitrogens with zero attached hydrogens (tertiary/aromatic N) is 1. The Labute approximate surface area is 176 Å². The standard InChI is InChI=1S/C20H22F3NO5S/c1-11-6-5-9-24(11,19(28)29)18(27)12(2)17(30-13(3)25)16(26)14-7-4-8-15(10-14)20(21,22)23/h4,7-8,10-12,17H,5-6,9H2,1-3H3/p+1/t11-,12?,17?,24?/m1/s1. The summed E-state index contributed by atoms with van der Waals surface area (Å²) in [6.07, 6.45) is -4.98. The Morgan fingerprint density at radius 2 is 1.87 bits per heavy atom. The Balaban J connectivity index is 2.44. The molecule has 1 saturated heterocycles. The molecule has 30 heavy (non-hydrogen) atoms. The Bertz CT molecular complexity index is 872. The van der Waals surface area contributed by atoms with Crippen LogP contribution in [0.25, 0.3) is 0 Å². The van der Waals surface area contributed by atoms with E-state index in [4.69, 9.17) is 0 Å². The number of quaternary nitrogens is 1. The number of benzene rings is 1. The molecular weight excluding hydrogens is 423 g/mol. The van der Waals surface area contributed by atoms with Gasteiger partial charge < -0.3 is 5.11 Å². The number of hydrogen-bond acceptors (Lipinski definition) is 5. The maximum atomic E-state index is 13.2. The van der Waals surface area contributed by atoms with Crippen molar-refractivity contribution < 1.29 is 41.9 Å². The van der Waals surface area contributed by atoms with E-state index in [0.29, 0.717) is 30.7 Å². The number of thioether (sulfide) groups is 1. The van der Waals surface area contributed by atoms with E-state index in [2.05, 4.69) is 0 Å². The van der Waals surface area contributed by atoms with Gasteiger partial charge in [0.25, 0.3) is 0 Å². The topological polar surface area (TPSA) is 88.5 Å². The molecule has 2 rings (SSSR count). The maximum absolute atomic E-state index is 13.2. The molecular formula is C20H23F3NO5S+. The summed E-state index contributed by atoms with van der Waals surface area (Å²) in [6.45, 7) is 4.22. The van der Waals surface area contributed by atoms with Crippen LogP contribution in [0.2, 0.25) is 0 Å². The molecule has 0 spiro atoms. The quantitative estimate of drug-likeness (QED) is 0.534. The summed E-state index contributed by atoms with van der Waals surface area (Å²) in [6, 6.07) is 3.24. The van der Waals surface area contributed by atoms with Crippen LogP contribution in [0.15, 0.2) is 24.3 Å². The molecule has 1 N–H and O–H groups in total. The summed E-state index contributed by atoms with van der Waals surface area (Å²) in [5.74, 6) is -2.75. The van der Waals surface area contributed by atoms with Gasteiger partial charge in [-0.25, -0.2) is 4.79 Å². The minimum Gasteiger partial charge on any atom is -0.435 e. The molecule has 4 atom stereocenters. The van der Waals surface area contributed by atoms with Gasteiger partial charge in [-0.2, -0.15) is 22.4 Å². The number of likely N-dealkylation sites (tertiary alicyclic amines) is 1. The second-order valence-electron chi connectivity index (χ2n) is 7.47. The van der Waals surface area contributed by atoms with Crippen LogP contribution in [0.1, 0.15) is 49.5 Å². The number of carbonyl (C=O) groups excluding carboxylic acids is 3. The van der Waals surface area contributed by atoms with E-state index >= 15 is 0 Å². The number of hydrogen-bond donors (Lipinski definition) is 1. The highest BCUT2D eigenvalue weighted by molar-refractivity contribution is 8.14. The fourth-order valence-electron chi connectivity index (χ4n) is 3.85. The fourth-order valence-corrected chi connectivity index (χ4v) is 4.77. The van der Waals surface area contributed by atoms with Crippen molar-refractivity contribution in [3.63, 3.8) is 0 Å². The second-order valence-corrected chi connectivity index (χ2v) is 8.78. The van der Waals surface area contributed by atoms with Crippen molar-refractivity contribution in [2.24, 2.45) is 5.92 Å². The van der Waals surface area contributed by atoms with E-state index in [-0.39, 0.29) is 12.1 Å². The number of carbonyl (C=O) groups is 4. The Hall–Kier alpha value is -2.20.